The van der Waals surface area contributed by atoms with Crippen LogP contribution in [0, 0.1) is 16.0 Å². The van der Waals surface area contributed by atoms with Gasteiger partial charge in [-0.1, -0.05) is 5.16 Å². The topological polar surface area (TPSA) is 64.7 Å². The van der Waals surface area contributed by atoms with Gasteiger partial charge in [-0.15, -0.1) is 0 Å². The molecule has 0 radical (unpaired) electrons. The van der Waals surface area contributed by atoms with Crippen molar-refractivity contribution in [1.82, 2.24) is 0 Å². The van der Waals surface area contributed by atoms with E-state index in [1.807, 2.05) is 0 Å². The van der Waals surface area contributed by atoms with E-state index in [-0.39, 0.29) is 17.6 Å². The molecule has 3 rings (SSSR count). The number of nitro groups is 1. The third kappa shape index (κ3) is 2.34. The van der Waals surface area contributed by atoms with Crippen molar-refractivity contribution in [2.24, 2.45) is 11.1 Å². The largest absolute Gasteiger partial charge is 0.423 e. The Balaban J connectivity index is 2.03. The molecule has 0 amide bonds. The Morgan fingerprint density at radius 3 is 2.76 bits per heavy atom. The Bertz CT molecular complexity index is 628. The number of rotatable bonds is 2. The minimum atomic E-state index is -4.78. The van der Waals surface area contributed by atoms with Crippen LogP contribution in [-0.4, -0.2) is 16.7 Å². The number of fused-ring (bicyclic) bond motifs is 1. The molecule has 0 spiro atoms. The fourth-order valence-electron chi connectivity index (χ4n) is 2.91. The molecule has 5 nitrogen and oxygen atoms in total. The Morgan fingerprint density at radius 1 is 1.33 bits per heavy atom. The molecule has 2 atom stereocenters. The quantitative estimate of drug-likeness (QED) is 0.620. The highest BCUT2D eigenvalue weighted by Crippen LogP contribution is 2.40. The Labute approximate surface area is 117 Å². The van der Waals surface area contributed by atoms with Crippen molar-refractivity contribution in [3.63, 3.8) is 0 Å². The highest BCUT2D eigenvalue weighted by atomic mass is 19.4. The van der Waals surface area contributed by atoms with Crippen LogP contribution in [0.5, 0.6) is 0 Å². The number of nitrogens with zero attached hydrogens (tertiary/aromatic N) is 2. The molecule has 1 fully saturated rings. The number of hydrogen-bond acceptors (Lipinski definition) is 4. The van der Waals surface area contributed by atoms with E-state index in [1.54, 1.807) is 0 Å². The number of halogens is 3. The van der Waals surface area contributed by atoms with Gasteiger partial charge < -0.3 is 4.84 Å². The molecule has 0 N–H and O–H groups in total. The fraction of sp³-hybridized carbons (Fsp3) is 0.462. The number of alkyl halides is 3. The summed E-state index contributed by atoms with van der Waals surface area (Å²) >= 11 is 0. The minimum absolute atomic E-state index is 0.0208. The van der Waals surface area contributed by atoms with Gasteiger partial charge in [0.1, 0.15) is 11.7 Å². The van der Waals surface area contributed by atoms with Gasteiger partial charge in [-0.2, -0.15) is 13.2 Å². The summed E-state index contributed by atoms with van der Waals surface area (Å²) in [6, 6.07) is 2.97. The van der Waals surface area contributed by atoms with Crippen molar-refractivity contribution in [2.45, 2.75) is 31.5 Å². The zero-order valence-electron chi connectivity index (χ0n) is 10.8. The van der Waals surface area contributed by atoms with Crippen molar-refractivity contribution >= 4 is 11.4 Å². The molecule has 1 aliphatic heterocycles. The van der Waals surface area contributed by atoms with Crippen LogP contribution in [-0.2, 0) is 11.0 Å². The third-order valence-electron chi connectivity index (χ3n) is 3.88. The highest BCUT2D eigenvalue weighted by molar-refractivity contribution is 6.03. The second kappa shape index (κ2) is 4.71. The van der Waals surface area contributed by atoms with Crippen LogP contribution < -0.4 is 0 Å². The molecule has 0 saturated heterocycles. The van der Waals surface area contributed by atoms with Gasteiger partial charge in [0.05, 0.1) is 10.6 Å². The number of nitro benzene ring substituents is 1. The first-order chi connectivity index (χ1) is 9.88. The van der Waals surface area contributed by atoms with Crippen LogP contribution in [0.15, 0.2) is 23.4 Å². The molecule has 0 aromatic heterocycles. The first-order valence-corrected chi connectivity index (χ1v) is 6.47. The molecule has 21 heavy (non-hydrogen) atoms. The van der Waals surface area contributed by atoms with Gasteiger partial charge in [0.25, 0.3) is 5.69 Å². The van der Waals surface area contributed by atoms with Crippen molar-refractivity contribution in [3.8, 4) is 0 Å². The van der Waals surface area contributed by atoms with Gasteiger partial charge in [-0.05, 0) is 31.4 Å². The zero-order valence-corrected chi connectivity index (χ0v) is 10.8. The summed E-state index contributed by atoms with van der Waals surface area (Å²) in [5, 5.41) is 14.6. The first kappa shape index (κ1) is 13.8. The number of benzene rings is 1. The molecule has 1 aliphatic carbocycles. The normalized spacial score (nSPS) is 24.4. The van der Waals surface area contributed by atoms with Crippen molar-refractivity contribution < 1.29 is 22.9 Å². The van der Waals surface area contributed by atoms with Crippen molar-refractivity contribution in [1.29, 1.82) is 0 Å². The highest BCUT2D eigenvalue weighted by Gasteiger charge is 2.42. The Morgan fingerprint density at radius 2 is 2.10 bits per heavy atom. The van der Waals surface area contributed by atoms with Crippen LogP contribution in [0.3, 0.4) is 0 Å². The summed E-state index contributed by atoms with van der Waals surface area (Å²) in [4.78, 5) is 14.9. The SMILES string of the molecule is O=[N+]([O-])c1ccc(C2=NO[C@@H]3CCC[C@H]23)cc1C(F)(F)F. The lowest BCUT2D eigenvalue weighted by Gasteiger charge is -2.12. The lowest BCUT2D eigenvalue weighted by molar-refractivity contribution is -0.388. The lowest BCUT2D eigenvalue weighted by atomic mass is 9.93. The monoisotopic (exact) mass is 300 g/mol. The van der Waals surface area contributed by atoms with Crippen molar-refractivity contribution in [2.75, 3.05) is 0 Å². The molecule has 1 aromatic rings. The van der Waals surface area contributed by atoms with Gasteiger partial charge in [0, 0.05) is 17.5 Å². The first-order valence-electron chi connectivity index (χ1n) is 6.47. The predicted octanol–water partition coefficient (Wildman–Crippen LogP) is 3.52. The summed E-state index contributed by atoms with van der Waals surface area (Å²) in [7, 11) is 0. The molecule has 1 heterocycles. The second-order valence-electron chi connectivity index (χ2n) is 5.14. The van der Waals surface area contributed by atoms with Gasteiger partial charge >= 0.3 is 6.18 Å². The van der Waals surface area contributed by atoms with E-state index < -0.39 is 22.4 Å². The summed E-state index contributed by atoms with van der Waals surface area (Å²) in [6.07, 6.45) is -2.29. The molecule has 112 valence electrons. The van der Waals surface area contributed by atoms with E-state index in [1.165, 1.54) is 6.07 Å². The van der Waals surface area contributed by atoms with Gasteiger partial charge in [-0.3, -0.25) is 10.1 Å². The van der Waals surface area contributed by atoms with Crippen molar-refractivity contribution in [3.05, 3.63) is 39.4 Å². The molecule has 8 heteroatoms. The van der Waals surface area contributed by atoms with E-state index >= 15 is 0 Å². The third-order valence-corrected chi connectivity index (χ3v) is 3.88. The average Bonchev–Trinajstić information content (AvgIpc) is 2.99. The maximum Gasteiger partial charge on any atom is 0.423 e. The molecule has 2 aliphatic rings. The smallest absolute Gasteiger partial charge is 0.392 e. The van der Waals surface area contributed by atoms with Gasteiger partial charge in [0.2, 0.25) is 0 Å². The zero-order chi connectivity index (χ0) is 15.2. The number of oxime groups is 1. The maximum absolute atomic E-state index is 13.0. The van der Waals surface area contributed by atoms with E-state index in [4.69, 9.17) is 4.84 Å². The fourth-order valence-corrected chi connectivity index (χ4v) is 2.91. The van der Waals surface area contributed by atoms with E-state index in [9.17, 15) is 23.3 Å². The molecule has 1 saturated carbocycles. The van der Waals surface area contributed by atoms with E-state index in [0.717, 1.165) is 31.4 Å². The van der Waals surface area contributed by atoms with Crippen LogP contribution in [0.1, 0.15) is 30.4 Å². The van der Waals surface area contributed by atoms with Gasteiger partial charge in [-0.25, -0.2) is 0 Å². The van der Waals surface area contributed by atoms with Crippen LogP contribution >= 0.6 is 0 Å². The minimum Gasteiger partial charge on any atom is -0.392 e. The Kier molecular flexibility index (Phi) is 3.11. The second-order valence-corrected chi connectivity index (χ2v) is 5.14. The molecule has 1 aromatic carbocycles. The summed E-state index contributed by atoms with van der Waals surface area (Å²) < 4.78 is 38.9. The predicted molar refractivity (Wildman–Crippen MR) is 66.8 cm³/mol. The summed E-state index contributed by atoms with van der Waals surface area (Å²) in [5.41, 5.74) is -1.51. The summed E-state index contributed by atoms with van der Waals surface area (Å²) in [5.74, 6) is -0.0208. The van der Waals surface area contributed by atoms with Crippen LogP contribution in [0.2, 0.25) is 0 Å². The maximum atomic E-state index is 13.0. The average molecular weight is 300 g/mol. The van der Waals surface area contributed by atoms with E-state index in [2.05, 4.69) is 5.16 Å². The molecular formula is C13H11F3N2O3. The lowest BCUT2D eigenvalue weighted by Crippen LogP contribution is -2.18. The number of hydrogen-bond donors (Lipinski definition) is 0. The van der Waals surface area contributed by atoms with Gasteiger partial charge in [0.15, 0.2) is 0 Å². The standard InChI is InChI=1S/C13H11F3N2O3/c14-13(15,16)9-6-7(4-5-10(9)18(19)20)12-8-2-1-3-11(8)21-17-12/h4-6,8,11H,1-3H2/t8-,11+/m0/s1. The van der Waals surface area contributed by atoms with Crippen LogP contribution in [0.4, 0.5) is 18.9 Å². The summed E-state index contributed by atoms with van der Waals surface area (Å²) in [6.45, 7) is 0. The van der Waals surface area contributed by atoms with E-state index in [0.29, 0.717) is 5.71 Å². The van der Waals surface area contributed by atoms with Crippen LogP contribution in [0.25, 0.3) is 0 Å². The Hall–Kier alpha value is -2.12. The molecule has 0 bridgehead atoms. The molecule has 0 unspecified atom stereocenters. The molecular weight excluding hydrogens is 289 g/mol.